The SMILES string of the molecule is COc1ccc2[nH]cc(C3=CCN(S(=O)(=O)c4ccccc4)CC3)c2c1. The molecule has 2 aromatic carbocycles. The third-order valence-electron chi connectivity index (χ3n) is 4.79. The number of aromatic nitrogens is 1. The minimum atomic E-state index is -3.45. The number of nitrogens with one attached hydrogen (secondary N) is 1. The maximum Gasteiger partial charge on any atom is 0.243 e. The molecule has 0 aliphatic carbocycles. The van der Waals surface area contributed by atoms with E-state index in [4.69, 9.17) is 4.74 Å². The monoisotopic (exact) mass is 368 g/mol. The molecule has 0 bridgehead atoms. The second kappa shape index (κ2) is 6.63. The summed E-state index contributed by atoms with van der Waals surface area (Å²) in [5.74, 6) is 0.808. The molecule has 0 amide bonds. The molecule has 134 valence electrons. The van der Waals surface area contributed by atoms with E-state index in [1.165, 1.54) is 4.31 Å². The number of rotatable bonds is 4. The molecule has 5 nitrogen and oxygen atoms in total. The number of aromatic amines is 1. The first-order valence-corrected chi connectivity index (χ1v) is 9.93. The summed E-state index contributed by atoms with van der Waals surface area (Å²) in [6.45, 7) is 0.850. The van der Waals surface area contributed by atoms with Crippen molar-refractivity contribution in [1.82, 2.24) is 9.29 Å². The van der Waals surface area contributed by atoms with Gasteiger partial charge in [0.05, 0.1) is 12.0 Å². The van der Waals surface area contributed by atoms with Crippen molar-refractivity contribution >= 4 is 26.5 Å². The summed E-state index contributed by atoms with van der Waals surface area (Å²) >= 11 is 0. The predicted molar refractivity (Wildman–Crippen MR) is 103 cm³/mol. The van der Waals surface area contributed by atoms with Crippen LogP contribution in [0.2, 0.25) is 0 Å². The molecule has 0 atom stereocenters. The first-order chi connectivity index (χ1) is 12.6. The molecule has 1 aliphatic heterocycles. The number of nitrogens with zero attached hydrogens (tertiary/aromatic N) is 1. The Morgan fingerprint density at radius 1 is 1.12 bits per heavy atom. The standard InChI is InChI=1S/C20H20N2O3S/c1-25-16-7-8-20-18(13-16)19(14-21-20)15-9-11-22(12-10-15)26(23,24)17-5-3-2-4-6-17/h2-9,13-14,21H,10-12H2,1H3. The summed E-state index contributed by atoms with van der Waals surface area (Å²) in [6, 6.07) is 14.5. The fraction of sp³-hybridized carbons (Fsp3) is 0.200. The van der Waals surface area contributed by atoms with E-state index in [1.54, 1.807) is 31.4 Å². The molecule has 0 radical (unpaired) electrons. The normalized spacial score (nSPS) is 15.8. The minimum absolute atomic E-state index is 0.341. The smallest absolute Gasteiger partial charge is 0.243 e. The van der Waals surface area contributed by atoms with Crippen LogP contribution in [0.25, 0.3) is 16.5 Å². The van der Waals surface area contributed by atoms with Crippen molar-refractivity contribution in [2.75, 3.05) is 20.2 Å². The van der Waals surface area contributed by atoms with Gasteiger partial charge in [0.15, 0.2) is 0 Å². The molecule has 1 N–H and O–H groups in total. The molecular formula is C20H20N2O3S. The Bertz CT molecular complexity index is 1070. The quantitative estimate of drug-likeness (QED) is 0.764. The van der Waals surface area contributed by atoms with Crippen LogP contribution in [0, 0.1) is 0 Å². The summed E-state index contributed by atoms with van der Waals surface area (Å²) in [5, 5.41) is 1.09. The summed E-state index contributed by atoms with van der Waals surface area (Å²) in [4.78, 5) is 3.62. The van der Waals surface area contributed by atoms with Crippen LogP contribution in [0.5, 0.6) is 5.75 Å². The number of fused-ring (bicyclic) bond motifs is 1. The average molecular weight is 368 g/mol. The van der Waals surface area contributed by atoms with Crippen molar-refractivity contribution in [3.63, 3.8) is 0 Å². The van der Waals surface area contributed by atoms with Crippen molar-refractivity contribution < 1.29 is 13.2 Å². The largest absolute Gasteiger partial charge is 0.497 e. The first kappa shape index (κ1) is 16.9. The molecule has 0 saturated carbocycles. The van der Waals surface area contributed by atoms with Gasteiger partial charge in [0.1, 0.15) is 5.75 Å². The Morgan fingerprint density at radius 2 is 1.92 bits per heavy atom. The first-order valence-electron chi connectivity index (χ1n) is 8.49. The Balaban J connectivity index is 1.63. The van der Waals surface area contributed by atoms with Gasteiger partial charge in [-0.05, 0) is 42.3 Å². The van der Waals surface area contributed by atoms with Gasteiger partial charge in [-0.25, -0.2) is 8.42 Å². The summed E-state index contributed by atoms with van der Waals surface area (Å²) in [5.41, 5.74) is 3.31. The fourth-order valence-corrected chi connectivity index (χ4v) is 4.75. The van der Waals surface area contributed by atoms with Crippen molar-refractivity contribution in [3.8, 4) is 5.75 Å². The van der Waals surface area contributed by atoms with Crippen molar-refractivity contribution in [1.29, 1.82) is 0 Å². The molecule has 26 heavy (non-hydrogen) atoms. The molecule has 0 saturated heterocycles. The van der Waals surface area contributed by atoms with Crippen LogP contribution in [-0.4, -0.2) is 37.9 Å². The average Bonchev–Trinajstić information content (AvgIpc) is 3.12. The van der Waals surface area contributed by atoms with Gasteiger partial charge in [-0.1, -0.05) is 24.3 Å². The zero-order chi connectivity index (χ0) is 18.1. The van der Waals surface area contributed by atoms with Gasteiger partial charge in [-0.3, -0.25) is 0 Å². The minimum Gasteiger partial charge on any atom is -0.497 e. The van der Waals surface area contributed by atoms with E-state index < -0.39 is 10.0 Å². The van der Waals surface area contributed by atoms with E-state index in [1.807, 2.05) is 36.5 Å². The second-order valence-electron chi connectivity index (χ2n) is 6.27. The maximum absolute atomic E-state index is 12.8. The molecule has 0 fully saturated rings. The van der Waals surface area contributed by atoms with Gasteiger partial charge in [0.25, 0.3) is 0 Å². The lowest BCUT2D eigenvalue weighted by Crippen LogP contribution is -2.34. The second-order valence-corrected chi connectivity index (χ2v) is 8.21. The van der Waals surface area contributed by atoms with Crippen LogP contribution in [-0.2, 0) is 10.0 Å². The maximum atomic E-state index is 12.8. The zero-order valence-corrected chi connectivity index (χ0v) is 15.3. The predicted octanol–water partition coefficient (Wildman–Crippen LogP) is 3.65. The van der Waals surface area contributed by atoms with Gasteiger partial charge in [-0.15, -0.1) is 0 Å². The van der Waals surface area contributed by atoms with Gasteiger partial charge in [0.2, 0.25) is 10.0 Å². The summed E-state index contributed by atoms with van der Waals surface area (Å²) < 4.78 is 32.4. The lowest BCUT2D eigenvalue weighted by molar-refractivity contribution is 0.415. The Kier molecular flexibility index (Phi) is 4.30. The molecule has 1 aliphatic rings. The van der Waals surface area contributed by atoms with Crippen molar-refractivity contribution in [2.24, 2.45) is 0 Å². The van der Waals surface area contributed by atoms with Gasteiger partial charge in [-0.2, -0.15) is 4.31 Å². The summed E-state index contributed by atoms with van der Waals surface area (Å²) in [6.07, 6.45) is 4.67. The Morgan fingerprint density at radius 3 is 2.62 bits per heavy atom. The topological polar surface area (TPSA) is 62.4 Å². The molecule has 0 unspecified atom stereocenters. The number of methoxy groups -OCH3 is 1. The van der Waals surface area contributed by atoms with E-state index >= 15 is 0 Å². The molecule has 6 heteroatoms. The van der Waals surface area contributed by atoms with Crippen molar-refractivity contribution in [2.45, 2.75) is 11.3 Å². The number of ether oxygens (including phenoxy) is 1. The molecule has 2 heterocycles. The van der Waals surface area contributed by atoms with E-state index in [9.17, 15) is 8.42 Å². The number of H-pyrrole nitrogens is 1. The highest BCUT2D eigenvalue weighted by Crippen LogP contribution is 2.32. The van der Waals surface area contributed by atoms with E-state index in [-0.39, 0.29) is 0 Å². The molecule has 4 rings (SSSR count). The lowest BCUT2D eigenvalue weighted by atomic mass is 9.99. The van der Waals surface area contributed by atoms with Crippen LogP contribution in [0.15, 0.2) is 65.7 Å². The van der Waals surface area contributed by atoms with Gasteiger partial charge >= 0.3 is 0 Å². The number of hydrogen-bond donors (Lipinski definition) is 1. The van der Waals surface area contributed by atoms with Gasteiger partial charge in [0, 0.05) is 35.8 Å². The highest BCUT2D eigenvalue weighted by molar-refractivity contribution is 7.89. The van der Waals surface area contributed by atoms with E-state index in [0.717, 1.165) is 27.8 Å². The molecular weight excluding hydrogens is 348 g/mol. The number of benzene rings is 2. The van der Waals surface area contributed by atoms with Crippen LogP contribution in [0.1, 0.15) is 12.0 Å². The number of hydrogen-bond acceptors (Lipinski definition) is 3. The highest BCUT2D eigenvalue weighted by Gasteiger charge is 2.26. The molecule has 1 aromatic heterocycles. The zero-order valence-electron chi connectivity index (χ0n) is 14.5. The van der Waals surface area contributed by atoms with E-state index in [0.29, 0.717) is 24.4 Å². The van der Waals surface area contributed by atoms with Crippen LogP contribution in [0.3, 0.4) is 0 Å². The van der Waals surface area contributed by atoms with Crippen molar-refractivity contribution in [3.05, 3.63) is 66.4 Å². The third kappa shape index (κ3) is 2.91. The van der Waals surface area contributed by atoms with Crippen LogP contribution >= 0.6 is 0 Å². The Labute approximate surface area is 153 Å². The van der Waals surface area contributed by atoms with Crippen LogP contribution in [0.4, 0.5) is 0 Å². The molecule has 3 aromatic rings. The van der Waals surface area contributed by atoms with Gasteiger partial charge < -0.3 is 9.72 Å². The fourth-order valence-electron chi connectivity index (χ4n) is 3.35. The van der Waals surface area contributed by atoms with E-state index in [2.05, 4.69) is 4.98 Å². The van der Waals surface area contributed by atoms with Crippen LogP contribution < -0.4 is 4.74 Å². The third-order valence-corrected chi connectivity index (χ3v) is 6.67. The Hall–Kier alpha value is -2.57. The number of sulfonamides is 1. The highest BCUT2D eigenvalue weighted by atomic mass is 32.2. The summed E-state index contributed by atoms with van der Waals surface area (Å²) in [7, 11) is -1.79. The molecule has 0 spiro atoms. The lowest BCUT2D eigenvalue weighted by Gasteiger charge is -2.25.